The van der Waals surface area contributed by atoms with Crippen LogP contribution in [-0.2, 0) is 0 Å². The minimum Gasteiger partial charge on any atom is -0.230 e. The Morgan fingerprint density at radius 1 is 1.33 bits per heavy atom. The molecule has 2 rings (SSSR count). The topological polar surface area (TPSA) is 17.8 Å². The lowest BCUT2D eigenvalue weighted by atomic mass is 10.3. The molecule has 0 amide bonds. The molecular weight excluding hydrogens is 222 g/mol. The smallest absolute Gasteiger partial charge is 0.230 e. The van der Waals surface area contributed by atoms with Crippen LogP contribution in [-0.4, -0.2) is 9.78 Å². The van der Waals surface area contributed by atoms with Gasteiger partial charge in [-0.3, -0.25) is 0 Å². The van der Waals surface area contributed by atoms with Gasteiger partial charge in [-0.2, -0.15) is 5.10 Å². The zero-order valence-electron chi connectivity index (χ0n) is 7.49. The Morgan fingerprint density at radius 3 is 2.73 bits per heavy atom. The van der Waals surface area contributed by atoms with Crippen molar-refractivity contribution in [2.75, 3.05) is 0 Å². The SMILES string of the molecule is FC(F)c1[c]cnn1-c1ccccc1Cl. The Balaban J connectivity index is 2.55. The number of aromatic nitrogens is 2. The van der Waals surface area contributed by atoms with Crippen LogP contribution in [0.15, 0.2) is 30.5 Å². The average Bonchev–Trinajstić information content (AvgIpc) is 2.67. The largest absolute Gasteiger partial charge is 0.281 e. The summed E-state index contributed by atoms with van der Waals surface area (Å²) in [6, 6.07) is 9.04. The van der Waals surface area contributed by atoms with E-state index in [9.17, 15) is 8.78 Å². The van der Waals surface area contributed by atoms with Crippen molar-refractivity contribution in [3.8, 4) is 5.69 Å². The minimum absolute atomic E-state index is 0.289. The van der Waals surface area contributed by atoms with Gasteiger partial charge in [-0.05, 0) is 12.1 Å². The van der Waals surface area contributed by atoms with Gasteiger partial charge in [0.15, 0.2) is 0 Å². The fourth-order valence-electron chi connectivity index (χ4n) is 1.25. The lowest BCUT2D eigenvalue weighted by Crippen LogP contribution is -2.02. The Hall–Kier alpha value is -1.42. The number of para-hydroxylation sites is 1. The van der Waals surface area contributed by atoms with Gasteiger partial charge in [0.1, 0.15) is 5.69 Å². The molecular formula is C10H6ClF2N2. The number of hydrogen-bond acceptors (Lipinski definition) is 1. The Kier molecular flexibility index (Phi) is 2.68. The molecule has 2 nitrogen and oxygen atoms in total. The molecule has 0 aliphatic carbocycles. The van der Waals surface area contributed by atoms with E-state index in [4.69, 9.17) is 11.6 Å². The molecule has 0 fully saturated rings. The van der Waals surface area contributed by atoms with Crippen LogP contribution in [0.5, 0.6) is 0 Å². The number of rotatable bonds is 2. The number of halogens is 3. The van der Waals surface area contributed by atoms with Gasteiger partial charge >= 0.3 is 0 Å². The molecule has 0 aliphatic heterocycles. The molecule has 1 aromatic carbocycles. The molecule has 1 aromatic heterocycles. The molecule has 0 N–H and O–H groups in total. The number of alkyl halides is 2. The van der Waals surface area contributed by atoms with Crippen molar-refractivity contribution in [1.82, 2.24) is 9.78 Å². The standard InChI is InChI=1S/C10H6ClF2N2/c11-7-3-1-2-4-8(7)15-9(10(12)13)5-6-14-15/h1-4,6,10H. The molecule has 0 spiro atoms. The first-order valence-corrected chi connectivity index (χ1v) is 4.56. The van der Waals surface area contributed by atoms with Crippen molar-refractivity contribution in [3.05, 3.63) is 47.2 Å². The fraction of sp³-hybridized carbons (Fsp3) is 0.100. The van der Waals surface area contributed by atoms with E-state index in [-0.39, 0.29) is 5.69 Å². The third kappa shape index (κ3) is 1.85. The Labute approximate surface area is 90.1 Å². The van der Waals surface area contributed by atoms with E-state index in [0.717, 1.165) is 4.68 Å². The molecule has 0 saturated heterocycles. The first-order valence-electron chi connectivity index (χ1n) is 4.19. The summed E-state index contributed by atoms with van der Waals surface area (Å²) < 4.78 is 26.2. The number of hydrogen-bond donors (Lipinski definition) is 0. The van der Waals surface area contributed by atoms with Crippen LogP contribution in [0.4, 0.5) is 8.78 Å². The highest BCUT2D eigenvalue weighted by molar-refractivity contribution is 6.32. The van der Waals surface area contributed by atoms with E-state index in [1.807, 2.05) is 0 Å². The van der Waals surface area contributed by atoms with Crippen LogP contribution in [0.2, 0.25) is 5.02 Å². The van der Waals surface area contributed by atoms with E-state index in [0.29, 0.717) is 10.7 Å². The molecule has 1 radical (unpaired) electrons. The van der Waals surface area contributed by atoms with Crippen molar-refractivity contribution in [2.24, 2.45) is 0 Å². The lowest BCUT2D eigenvalue weighted by Gasteiger charge is -2.07. The van der Waals surface area contributed by atoms with E-state index < -0.39 is 6.43 Å². The number of nitrogens with zero attached hydrogens (tertiary/aromatic N) is 2. The fourth-order valence-corrected chi connectivity index (χ4v) is 1.46. The second kappa shape index (κ2) is 3.98. The quantitative estimate of drug-likeness (QED) is 0.770. The summed E-state index contributed by atoms with van der Waals surface area (Å²) in [7, 11) is 0. The Morgan fingerprint density at radius 2 is 2.07 bits per heavy atom. The molecule has 2 aromatic rings. The van der Waals surface area contributed by atoms with Gasteiger partial charge in [0.05, 0.1) is 16.9 Å². The Bertz CT molecular complexity index is 468. The van der Waals surface area contributed by atoms with E-state index in [1.54, 1.807) is 24.3 Å². The van der Waals surface area contributed by atoms with Gasteiger partial charge in [-0.15, -0.1) is 0 Å². The highest BCUT2D eigenvalue weighted by atomic mass is 35.5. The van der Waals surface area contributed by atoms with Crippen molar-refractivity contribution in [2.45, 2.75) is 6.43 Å². The second-order valence-electron chi connectivity index (χ2n) is 2.84. The molecule has 5 heteroatoms. The van der Waals surface area contributed by atoms with Gasteiger partial charge in [0, 0.05) is 6.07 Å². The van der Waals surface area contributed by atoms with Crippen molar-refractivity contribution in [1.29, 1.82) is 0 Å². The van der Waals surface area contributed by atoms with Crippen LogP contribution < -0.4 is 0 Å². The minimum atomic E-state index is -2.62. The maximum absolute atomic E-state index is 12.5. The van der Waals surface area contributed by atoms with Crippen LogP contribution in [0.3, 0.4) is 0 Å². The zero-order valence-corrected chi connectivity index (χ0v) is 8.25. The number of benzene rings is 1. The molecule has 77 valence electrons. The summed E-state index contributed by atoms with van der Waals surface area (Å²) in [4.78, 5) is 0. The lowest BCUT2D eigenvalue weighted by molar-refractivity contribution is 0.142. The summed E-state index contributed by atoms with van der Waals surface area (Å²) >= 11 is 5.87. The predicted molar refractivity (Wildman–Crippen MR) is 52.4 cm³/mol. The summed E-state index contributed by atoms with van der Waals surface area (Å²) in [6.07, 6.45) is -1.42. The first-order chi connectivity index (χ1) is 7.20. The van der Waals surface area contributed by atoms with E-state index in [1.165, 1.54) is 6.20 Å². The second-order valence-corrected chi connectivity index (χ2v) is 3.25. The van der Waals surface area contributed by atoms with Crippen molar-refractivity contribution in [3.63, 3.8) is 0 Å². The summed E-state index contributed by atoms with van der Waals surface area (Å²) in [5.74, 6) is 0. The molecule has 0 saturated carbocycles. The van der Waals surface area contributed by atoms with Crippen molar-refractivity contribution >= 4 is 11.6 Å². The molecule has 15 heavy (non-hydrogen) atoms. The van der Waals surface area contributed by atoms with Crippen LogP contribution in [0.1, 0.15) is 12.1 Å². The molecule has 0 bridgehead atoms. The molecule has 0 unspecified atom stereocenters. The maximum atomic E-state index is 12.5. The van der Waals surface area contributed by atoms with Gasteiger partial charge < -0.3 is 0 Å². The molecule has 0 aliphatic rings. The van der Waals surface area contributed by atoms with Gasteiger partial charge in [-0.1, -0.05) is 23.7 Å². The normalized spacial score (nSPS) is 10.9. The van der Waals surface area contributed by atoms with Gasteiger partial charge in [0.25, 0.3) is 6.43 Å². The maximum Gasteiger partial charge on any atom is 0.281 e. The molecule has 0 atom stereocenters. The van der Waals surface area contributed by atoms with Gasteiger partial charge in [-0.25, -0.2) is 13.5 Å². The molecule has 1 heterocycles. The van der Waals surface area contributed by atoms with Crippen LogP contribution in [0.25, 0.3) is 5.69 Å². The highest BCUT2D eigenvalue weighted by Crippen LogP contribution is 2.25. The summed E-state index contributed by atoms with van der Waals surface area (Å²) in [6.45, 7) is 0. The van der Waals surface area contributed by atoms with Crippen molar-refractivity contribution < 1.29 is 8.78 Å². The predicted octanol–water partition coefficient (Wildman–Crippen LogP) is 3.26. The summed E-state index contributed by atoms with van der Waals surface area (Å²) in [5.41, 5.74) is 0.138. The monoisotopic (exact) mass is 227 g/mol. The first kappa shape index (κ1) is 10.1. The third-order valence-corrected chi connectivity index (χ3v) is 2.22. The van der Waals surface area contributed by atoms with E-state index >= 15 is 0 Å². The summed E-state index contributed by atoms with van der Waals surface area (Å²) in [5, 5.41) is 4.14. The van der Waals surface area contributed by atoms with Crippen LogP contribution >= 0.6 is 11.6 Å². The third-order valence-electron chi connectivity index (χ3n) is 1.90. The van der Waals surface area contributed by atoms with E-state index in [2.05, 4.69) is 11.2 Å². The van der Waals surface area contributed by atoms with Gasteiger partial charge in [0.2, 0.25) is 0 Å². The van der Waals surface area contributed by atoms with Crippen LogP contribution in [0, 0.1) is 6.07 Å². The average molecular weight is 228 g/mol. The highest BCUT2D eigenvalue weighted by Gasteiger charge is 2.16. The zero-order chi connectivity index (χ0) is 10.8.